The second-order valence-corrected chi connectivity index (χ2v) is 9.95. The molecule has 2 aromatic rings. The fourth-order valence-electron chi connectivity index (χ4n) is 4.02. The van der Waals surface area contributed by atoms with Crippen LogP contribution in [0.25, 0.3) is 6.08 Å². The van der Waals surface area contributed by atoms with Gasteiger partial charge in [-0.05, 0) is 67.3 Å². The maximum Gasteiger partial charge on any atom is 0.293 e. The lowest BCUT2D eigenvalue weighted by Gasteiger charge is -2.35. The summed E-state index contributed by atoms with van der Waals surface area (Å²) in [5.74, 6) is -0.796. The van der Waals surface area contributed by atoms with Crippen LogP contribution in [0.4, 0.5) is 9.18 Å². The molecule has 0 radical (unpaired) electrons. The maximum absolute atomic E-state index is 13.1. The highest BCUT2D eigenvalue weighted by Gasteiger charge is 2.35. The number of benzene rings is 2. The molecule has 35 heavy (non-hydrogen) atoms. The molecule has 0 spiro atoms. The number of carbonyl (C=O) groups excluding carboxylic acids is 3. The van der Waals surface area contributed by atoms with Crippen molar-refractivity contribution in [3.63, 3.8) is 0 Å². The highest BCUT2D eigenvalue weighted by atomic mass is 32.2. The molecule has 9 heteroatoms. The molecule has 0 atom stereocenters. The Morgan fingerprint density at radius 2 is 1.77 bits per heavy atom. The number of rotatable bonds is 7. The van der Waals surface area contributed by atoms with Gasteiger partial charge in [-0.15, -0.1) is 0 Å². The van der Waals surface area contributed by atoms with Crippen molar-refractivity contribution in [2.75, 3.05) is 53.4 Å². The molecule has 7 nitrogen and oxygen atoms in total. The van der Waals surface area contributed by atoms with Gasteiger partial charge in [-0.3, -0.25) is 24.2 Å². The van der Waals surface area contributed by atoms with E-state index in [9.17, 15) is 18.8 Å². The second-order valence-electron chi connectivity index (χ2n) is 8.96. The van der Waals surface area contributed by atoms with Gasteiger partial charge in [-0.25, -0.2) is 4.39 Å². The number of hydrogen-bond acceptors (Lipinski definition) is 6. The van der Waals surface area contributed by atoms with E-state index >= 15 is 0 Å². The molecular weight excluding hydrogens is 467 g/mol. The fourth-order valence-corrected chi connectivity index (χ4v) is 4.86. The first kappa shape index (κ1) is 25.1. The summed E-state index contributed by atoms with van der Waals surface area (Å²) < 4.78 is 13.1. The van der Waals surface area contributed by atoms with Gasteiger partial charge in [0.25, 0.3) is 17.1 Å². The third kappa shape index (κ3) is 6.36. The number of nitrogens with zero attached hydrogens (tertiary/aromatic N) is 4. The van der Waals surface area contributed by atoms with Crippen molar-refractivity contribution in [3.05, 3.63) is 75.9 Å². The molecule has 2 heterocycles. The number of hydrogen-bond donors (Lipinski definition) is 0. The van der Waals surface area contributed by atoms with E-state index in [2.05, 4.69) is 23.9 Å². The van der Waals surface area contributed by atoms with Crippen LogP contribution in [0.1, 0.15) is 21.5 Å². The number of piperazine rings is 1. The molecule has 2 saturated heterocycles. The van der Waals surface area contributed by atoms with Gasteiger partial charge in [0.2, 0.25) is 0 Å². The predicted octanol–water partition coefficient (Wildman–Crippen LogP) is 3.38. The van der Waals surface area contributed by atoms with E-state index in [1.165, 1.54) is 12.1 Å². The van der Waals surface area contributed by atoms with Crippen LogP contribution in [0.15, 0.2) is 53.4 Å². The van der Waals surface area contributed by atoms with Gasteiger partial charge in [0.15, 0.2) is 0 Å². The molecule has 184 valence electrons. The monoisotopic (exact) mass is 496 g/mol. The average Bonchev–Trinajstić information content (AvgIpc) is 3.11. The largest absolute Gasteiger partial charge is 0.336 e. The van der Waals surface area contributed by atoms with Crippen LogP contribution < -0.4 is 0 Å². The number of halogens is 1. The normalized spacial score (nSPS) is 18.2. The number of carbonyl (C=O) groups is 3. The van der Waals surface area contributed by atoms with E-state index in [0.29, 0.717) is 34.7 Å². The summed E-state index contributed by atoms with van der Waals surface area (Å²) in [6.45, 7) is 5.12. The van der Waals surface area contributed by atoms with E-state index in [0.717, 1.165) is 42.8 Å². The van der Waals surface area contributed by atoms with E-state index in [4.69, 9.17) is 0 Å². The van der Waals surface area contributed by atoms with Crippen molar-refractivity contribution in [1.82, 2.24) is 19.6 Å². The lowest BCUT2D eigenvalue weighted by molar-refractivity contribution is -0.123. The quantitative estimate of drug-likeness (QED) is 0.548. The Morgan fingerprint density at radius 3 is 2.46 bits per heavy atom. The number of imide groups is 1. The third-order valence-corrected chi connectivity index (χ3v) is 6.99. The molecule has 0 saturated carbocycles. The second kappa shape index (κ2) is 11.2. The number of amides is 3. The van der Waals surface area contributed by atoms with E-state index in [1.54, 1.807) is 36.4 Å². The molecule has 0 aromatic heterocycles. The van der Waals surface area contributed by atoms with Gasteiger partial charge in [-0.2, -0.15) is 0 Å². The number of thioether (sulfide) groups is 1. The molecule has 4 rings (SSSR count). The van der Waals surface area contributed by atoms with Crippen molar-refractivity contribution < 1.29 is 18.8 Å². The standard InChI is InChI=1S/C26H29FN4O3S/c1-28(2)10-11-29-12-14-30(15-13-29)24(32)21-5-3-4-20(16-21)17-23-25(33)31(26(34)35-23)18-19-6-8-22(27)9-7-19/h3-9,16-17H,10-15,18H2,1-2H3/b23-17-. The van der Waals surface area contributed by atoms with Crippen LogP contribution in [0.2, 0.25) is 0 Å². The molecule has 2 fully saturated rings. The summed E-state index contributed by atoms with van der Waals surface area (Å²) in [7, 11) is 4.11. The highest BCUT2D eigenvalue weighted by Crippen LogP contribution is 2.33. The molecule has 0 bridgehead atoms. The van der Waals surface area contributed by atoms with Gasteiger partial charge in [0.05, 0.1) is 11.4 Å². The van der Waals surface area contributed by atoms with E-state index in [1.807, 2.05) is 11.0 Å². The first-order valence-electron chi connectivity index (χ1n) is 11.6. The van der Waals surface area contributed by atoms with Gasteiger partial charge in [-0.1, -0.05) is 24.3 Å². The first-order chi connectivity index (χ1) is 16.8. The van der Waals surface area contributed by atoms with E-state index < -0.39 is 5.91 Å². The lowest BCUT2D eigenvalue weighted by Crippen LogP contribution is -2.49. The van der Waals surface area contributed by atoms with Crippen molar-refractivity contribution >= 4 is 34.9 Å². The van der Waals surface area contributed by atoms with Gasteiger partial charge in [0, 0.05) is 44.8 Å². The van der Waals surface area contributed by atoms with Gasteiger partial charge < -0.3 is 9.80 Å². The first-order valence-corrected chi connectivity index (χ1v) is 12.4. The van der Waals surface area contributed by atoms with Crippen molar-refractivity contribution in [3.8, 4) is 0 Å². The lowest BCUT2D eigenvalue weighted by atomic mass is 10.1. The Balaban J connectivity index is 1.40. The molecule has 3 amide bonds. The van der Waals surface area contributed by atoms with Crippen LogP contribution in [0.5, 0.6) is 0 Å². The Hall–Kier alpha value is -3.01. The van der Waals surface area contributed by atoms with Gasteiger partial charge in [0.1, 0.15) is 5.82 Å². The summed E-state index contributed by atoms with van der Waals surface area (Å²) in [5, 5.41) is -0.370. The zero-order valence-electron chi connectivity index (χ0n) is 19.9. The Morgan fingerprint density at radius 1 is 1.06 bits per heavy atom. The van der Waals surface area contributed by atoms with Crippen molar-refractivity contribution in [1.29, 1.82) is 0 Å². The highest BCUT2D eigenvalue weighted by molar-refractivity contribution is 8.18. The van der Waals surface area contributed by atoms with Gasteiger partial charge >= 0.3 is 0 Å². The summed E-state index contributed by atoms with van der Waals surface area (Å²) in [6.07, 6.45) is 1.64. The Labute approximate surface area is 209 Å². The molecular formula is C26H29FN4O3S. The number of likely N-dealkylation sites (N-methyl/N-ethyl adjacent to an activating group) is 1. The predicted molar refractivity (Wildman–Crippen MR) is 135 cm³/mol. The minimum Gasteiger partial charge on any atom is -0.336 e. The van der Waals surface area contributed by atoms with Crippen molar-refractivity contribution in [2.45, 2.75) is 6.54 Å². The molecule has 2 aliphatic heterocycles. The Bertz CT molecular complexity index is 1130. The molecule has 0 unspecified atom stereocenters. The molecule has 0 N–H and O–H groups in total. The maximum atomic E-state index is 13.1. The zero-order valence-corrected chi connectivity index (χ0v) is 20.8. The summed E-state index contributed by atoms with van der Waals surface area (Å²) in [5.41, 5.74) is 1.92. The summed E-state index contributed by atoms with van der Waals surface area (Å²) in [6, 6.07) is 12.8. The fraction of sp³-hybridized carbons (Fsp3) is 0.346. The zero-order chi connectivity index (χ0) is 24.9. The minimum atomic E-state index is -0.394. The van der Waals surface area contributed by atoms with Crippen LogP contribution in [-0.4, -0.2) is 90.0 Å². The molecule has 0 aliphatic carbocycles. The van der Waals surface area contributed by atoms with Crippen LogP contribution in [-0.2, 0) is 11.3 Å². The van der Waals surface area contributed by atoms with Crippen LogP contribution >= 0.6 is 11.8 Å². The Kier molecular flexibility index (Phi) is 8.00. The van der Waals surface area contributed by atoms with Crippen LogP contribution in [0, 0.1) is 5.82 Å². The molecule has 2 aromatic carbocycles. The molecule has 2 aliphatic rings. The third-order valence-electron chi connectivity index (χ3n) is 6.08. The average molecular weight is 497 g/mol. The summed E-state index contributed by atoms with van der Waals surface area (Å²) >= 11 is 0.868. The van der Waals surface area contributed by atoms with Crippen molar-refractivity contribution in [2.24, 2.45) is 0 Å². The van der Waals surface area contributed by atoms with E-state index in [-0.39, 0.29) is 23.5 Å². The summed E-state index contributed by atoms with van der Waals surface area (Å²) in [4.78, 5) is 46.2. The smallest absolute Gasteiger partial charge is 0.293 e. The topological polar surface area (TPSA) is 64.2 Å². The minimum absolute atomic E-state index is 0.0306. The SMILES string of the molecule is CN(C)CCN1CCN(C(=O)c2cccc(/C=C3\SC(=O)N(Cc4ccc(F)cc4)C3=O)c2)CC1. The van der Waals surface area contributed by atoms with Crippen LogP contribution in [0.3, 0.4) is 0 Å².